The lowest BCUT2D eigenvalue weighted by molar-refractivity contribution is -0.143. The van der Waals surface area contributed by atoms with Crippen LogP contribution < -0.4 is 11.1 Å². The molecule has 0 spiro atoms. The quantitative estimate of drug-likeness (QED) is 0.787. The number of urea groups is 1. The average Bonchev–Trinajstić information content (AvgIpc) is 2.45. The molecule has 1 atom stereocenters. The van der Waals surface area contributed by atoms with Gasteiger partial charge in [0.1, 0.15) is 0 Å². The van der Waals surface area contributed by atoms with Gasteiger partial charge < -0.3 is 20.7 Å². The van der Waals surface area contributed by atoms with Crippen LogP contribution in [0.5, 0.6) is 0 Å². The number of esters is 1. The number of nitrogens with two attached hydrogens (primary N) is 1. The summed E-state index contributed by atoms with van der Waals surface area (Å²) >= 11 is 0. The van der Waals surface area contributed by atoms with Gasteiger partial charge in [-0.3, -0.25) is 4.79 Å². The third-order valence-corrected chi connectivity index (χ3v) is 2.97. The lowest BCUT2D eigenvalue weighted by Crippen LogP contribution is -2.33. The zero-order valence-corrected chi connectivity index (χ0v) is 12.8. The maximum absolute atomic E-state index is 12.0. The molecule has 1 unspecified atom stereocenters. The van der Waals surface area contributed by atoms with Gasteiger partial charge in [0.15, 0.2) is 0 Å². The predicted molar refractivity (Wildman–Crippen MR) is 81.9 cm³/mol. The van der Waals surface area contributed by atoms with Crippen LogP contribution in [0.4, 0.5) is 10.5 Å². The first-order chi connectivity index (χ1) is 9.93. The molecule has 0 saturated carbocycles. The van der Waals surface area contributed by atoms with E-state index >= 15 is 0 Å². The molecule has 0 heterocycles. The lowest BCUT2D eigenvalue weighted by Gasteiger charge is -2.18. The Morgan fingerprint density at radius 2 is 2.14 bits per heavy atom. The van der Waals surface area contributed by atoms with Gasteiger partial charge >= 0.3 is 12.0 Å². The highest BCUT2D eigenvalue weighted by Crippen LogP contribution is 2.15. The Hall–Kier alpha value is -2.08. The van der Waals surface area contributed by atoms with Crippen LogP contribution in [0.1, 0.15) is 31.9 Å². The number of hydrogen-bond acceptors (Lipinski definition) is 4. The van der Waals surface area contributed by atoms with E-state index in [-0.39, 0.29) is 24.5 Å². The molecule has 116 valence electrons. The minimum atomic E-state index is -0.309. The second kappa shape index (κ2) is 8.26. The van der Waals surface area contributed by atoms with E-state index in [9.17, 15) is 9.59 Å². The molecule has 1 aromatic rings. The van der Waals surface area contributed by atoms with Crippen molar-refractivity contribution in [3.63, 3.8) is 0 Å². The Labute approximate surface area is 125 Å². The van der Waals surface area contributed by atoms with E-state index in [0.29, 0.717) is 18.8 Å². The van der Waals surface area contributed by atoms with E-state index in [4.69, 9.17) is 10.5 Å². The Balaban J connectivity index is 2.52. The number of benzene rings is 1. The molecule has 0 radical (unpaired) electrons. The molecule has 0 aromatic heterocycles. The van der Waals surface area contributed by atoms with Gasteiger partial charge in [0.05, 0.1) is 13.0 Å². The van der Waals surface area contributed by atoms with Gasteiger partial charge in [-0.15, -0.1) is 0 Å². The van der Waals surface area contributed by atoms with Crippen LogP contribution in [0, 0.1) is 0 Å². The topological polar surface area (TPSA) is 84.7 Å². The van der Waals surface area contributed by atoms with Gasteiger partial charge in [0.25, 0.3) is 0 Å². The second-order valence-corrected chi connectivity index (χ2v) is 4.82. The summed E-state index contributed by atoms with van der Waals surface area (Å²) in [5.74, 6) is -0.309. The Kier molecular flexibility index (Phi) is 6.68. The van der Waals surface area contributed by atoms with Crippen LogP contribution in [0.3, 0.4) is 0 Å². The normalized spacial score (nSPS) is 11.6. The molecule has 0 aliphatic rings. The van der Waals surface area contributed by atoms with Gasteiger partial charge in [-0.2, -0.15) is 0 Å². The van der Waals surface area contributed by atoms with E-state index < -0.39 is 0 Å². The number of nitrogens with zero attached hydrogens (tertiary/aromatic N) is 1. The Bertz CT molecular complexity index is 489. The standard InChI is InChI=1S/C15H23N3O3/c1-4-21-14(19)8-9-18(3)15(20)17-13-7-5-6-12(10-13)11(2)16/h5-7,10-11H,4,8-9,16H2,1-3H3,(H,17,20). The van der Waals surface area contributed by atoms with Gasteiger partial charge in [-0.05, 0) is 31.5 Å². The Morgan fingerprint density at radius 1 is 1.43 bits per heavy atom. The van der Waals surface area contributed by atoms with Crippen LogP contribution >= 0.6 is 0 Å². The maximum Gasteiger partial charge on any atom is 0.321 e. The molecule has 0 bridgehead atoms. The number of nitrogens with one attached hydrogen (secondary N) is 1. The molecule has 0 fully saturated rings. The molecule has 6 heteroatoms. The zero-order valence-electron chi connectivity index (χ0n) is 12.8. The van der Waals surface area contributed by atoms with Crippen molar-refractivity contribution in [2.75, 3.05) is 25.5 Å². The molecule has 0 saturated heterocycles. The monoisotopic (exact) mass is 293 g/mol. The van der Waals surface area contributed by atoms with Gasteiger partial charge in [0, 0.05) is 25.3 Å². The number of hydrogen-bond donors (Lipinski definition) is 2. The van der Waals surface area contributed by atoms with Crippen molar-refractivity contribution in [3.05, 3.63) is 29.8 Å². The number of carbonyl (C=O) groups excluding carboxylic acids is 2. The summed E-state index contributed by atoms with van der Waals surface area (Å²) < 4.78 is 4.82. The fourth-order valence-corrected chi connectivity index (χ4v) is 1.71. The molecule has 1 aromatic carbocycles. The third-order valence-electron chi connectivity index (χ3n) is 2.97. The molecule has 0 aliphatic heterocycles. The van der Waals surface area contributed by atoms with Crippen LogP contribution in [0.2, 0.25) is 0 Å². The number of ether oxygens (including phenoxy) is 1. The summed E-state index contributed by atoms with van der Waals surface area (Å²) in [7, 11) is 1.63. The summed E-state index contributed by atoms with van der Waals surface area (Å²) in [4.78, 5) is 24.7. The highest BCUT2D eigenvalue weighted by Gasteiger charge is 2.11. The van der Waals surface area contributed by atoms with Crippen LogP contribution in [0.25, 0.3) is 0 Å². The largest absolute Gasteiger partial charge is 0.466 e. The zero-order chi connectivity index (χ0) is 15.8. The first kappa shape index (κ1) is 17.0. The molecule has 1 rings (SSSR count). The van der Waals surface area contributed by atoms with E-state index in [1.807, 2.05) is 25.1 Å². The molecule has 3 N–H and O–H groups in total. The summed E-state index contributed by atoms with van der Waals surface area (Å²) in [6, 6.07) is 7.01. The summed E-state index contributed by atoms with van der Waals surface area (Å²) in [5, 5.41) is 2.77. The van der Waals surface area contributed by atoms with Gasteiger partial charge in [-0.1, -0.05) is 12.1 Å². The number of rotatable bonds is 6. The van der Waals surface area contributed by atoms with E-state index in [1.165, 1.54) is 4.90 Å². The molecule has 21 heavy (non-hydrogen) atoms. The Morgan fingerprint density at radius 3 is 2.76 bits per heavy atom. The van der Waals surface area contributed by atoms with E-state index in [1.54, 1.807) is 20.0 Å². The smallest absolute Gasteiger partial charge is 0.321 e. The van der Waals surface area contributed by atoms with Crippen molar-refractivity contribution in [1.29, 1.82) is 0 Å². The predicted octanol–water partition coefficient (Wildman–Crippen LogP) is 2.12. The SMILES string of the molecule is CCOC(=O)CCN(C)C(=O)Nc1cccc(C(C)N)c1. The van der Waals surface area contributed by atoms with Crippen molar-refractivity contribution < 1.29 is 14.3 Å². The lowest BCUT2D eigenvalue weighted by atomic mass is 10.1. The minimum Gasteiger partial charge on any atom is -0.466 e. The molecule has 2 amide bonds. The number of carbonyl (C=O) groups is 2. The second-order valence-electron chi connectivity index (χ2n) is 4.82. The van der Waals surface area contributed by atoms with E-state index in [2.05, 4.69) is 5.32 Å². The number of anilines is 1. The van der Waals surface area contributed by atoms with Crippen molar-refractivity contribution in [1.82, 2.24) is 4.90 Å². The first-order valence-electron chi connectivity index (χ1n) is 6.97. The van der Waals surface area contributed by atoms with Crippen LogP contribution in [-0.2, 0) is 9.53 Å². The maximum atomic E-state index is 12.0. The summed E-state index contributed by atoms with van der Waals surface area (Å²) in [5.41, 5.74) is 7.43. The van der Waals surface area contributed by atoms with E-state index in [0.717, 1.165) is 5.56 Å². The average molecular weight is 293 g/mol. The highest BCUT2D eigenvalue weighted by molar-refractivity contribution is 5.89. The van der Waals surface area contributed by atoms with Crippen LogP contribution in [-0.4, -0.2) is 37.1 Å². The fraction of sp³-hybridized carbons (Fsp3) is 0.467. The summed E-state index contributed by atoms with van der Waals surface area (Å²) in [6.45, 7) is 4.28. The van der Waals surface area contributed by atoms with Crippen molar-refractivity contribution in [2.45, 2.75) is 26.3 Å². The molecule has 0 aliphatic carbocycles. The molecular formula is C15H23N3O3. The number of amides is 2. The van der Waals surface area contributed by atoms with Crippen molar-refractivity contribution in [2.24, 2.45) is 5.73 Å². The van der Waals surface area contributed by atoms with Crippen molar-refractivity contribution >= 4 is 17.7 Å². The molecule has 6 nitrogen and oxygen atoms in total. The fourth-order valence-electron chi connectivity index (χ4n) is 1.71. The third kappa shape index (κ3) is 5.83. The first-order valence-corrected chi connectivity index (χ1v) is 6.97. The minimum absolute atomic E-state index is 0.0941. The van der Waals surface area contributed by atoms with Gasteiger partial charge in [-0.25, -0.2) is 4.79 Å². The highest BCUT2D eigenvalue weighted by atomic mass is 16.5. The van der Waals surface area contributed by atoms with Crippen LogP contribution in [0.15, 0.2) is 24.3 Å². The van der Waals surface area contributed by atoms with Gasteiger partial charge in [0.2, 0.25) is 0 Å². The molecular weight excluding hydrogens is 270 g/mol. The van der Waals surface area contributed by atoms with Crippen molar-refractivity contribution in [3.8, 4) is 0 Å². The summed E-state index contributed by atoms with van der Waals surface area (Å²) in [6.07, 6.45) is 0.178.